The first-order valence-electron chi connectivity index (χ1n) is 7.72. The molecule has 0 aliphatic carbocycles. The number of benzene rings is 2. The second-order valence-corrected chi connectivity index (χ2v) is 8.71. The lowest BCUT2D eigenvalue weighted by Gasteiger charge is -2.23. The van der Waals surface area contributed by atoms with E-state index in [9.17, 15) is 26.0 Å². The van der Waals surface area contributed by atoms with Crippen molar-refractivity contribution in [1.29, 1.82) is 0 Å². The van der Waals surface area contributed by atoms with Crippen LogP contribution in [0.1, 0.15) is 37.5 Å². The van der Waals surface area contributed by atoms with Crippen LogP contribution in [-0.4, -0.2) is 8.42 Å². The normalized spacial score (nSPS) is 12.9. The van der Waals surface area contributed by atoms with Gasteiger partial charge in [-0.25, -0.2) is 12.8 Å². The summed E-state index contributed by atoms with van der Waals surface area (Å²) in [6.45, 7) is 7.36. The van der Waals surface area contributed by atoms with E-state index in [0.717, 1.165) is 23.8 Å². The molecule has 0 radical (unpaired) electrons. The summed E-state index contributed by atoms with van der Waals surface area (Å²) in [5.74, 6) is -0.800. The van der Waals surface area contributed by atoms with E-state index in [0.29, 0.717) is 11.6 Å². The van der Waals surface area contributed by atoms with Gasteiger partial charge in [-0.1, -0.05) is 26.8 Å². The summed E-state index contributed by atoms with van der Waals surface area (Å²) in [5.41, 5.74) is -0.399. The summed E-state index contributed by atoms with van der Waals surface area (Å²) in [6.07, 6.45) is -4.68. The van der Waals surface area contributed by atoms with E-state index in [-0.39, 0.29) is 11.1 Å². The number of alkyl halides is 3. The van der Waals surface area contributed by atoms with Crippen LogP contribution in [0.2, 0.25) is 0 Å². The second kappa shape index (κ2) is 6.57. The number of aryl methyl sites for hydroxylation is 1. The van der Waals surface area contributed by atoms with E-state index in [1.165, 1.54) is 12.1 Å². The molecule has 0 amide bonds. The standard InChI is InChI=1S/C18H19F4NO2S/c1-11-8-15(19)16(10-14(11)17(2,3)4)23-26(24,25)13-7-5-6-12(9-13)18(20,21)22/h5-10,23H,1-4H3. The quantitative estimate of drug-likeness (QED) is 0.729. The van der Waals surface area contributed by atoms with Crippen LogP contribution in [0, 0.1) is 12.7 Å². The molecule has 0 saturated heterocycles. The van der Waals surface area contributed by atoms with Crippen molar-refractivity contribution in [3.63, 3.8) is 0 Å². The van der Waals surface area contributed by atoms with Crippen molar-refractivity contribution in [1.82, 2.24) is 0 Å². The summed E-state index contributed by atoms with van der Waals surface area (Å²) < 4.78 is 79.5. The predicted molar refractivity (Wildman–Crippen MR) is 92.1 cm³/mol. The summed E-state index contributed by atoms with van der Waals surface area (Å²) >= 11 is 0. The maximum absolute atomic E-state index is 14.2. The highest BCUT2D eigenvalue weighted by Gasteiger charge is 2.32. The molecular weight excluding hydrogens is 370 g/mol. The number of hydrogen-bond donors (Lipinski definition) is 1. The Morgan fingerprint density at radius 3 is 2.15 bits per heavy atom. The van der Waals surface area contributed by atoms with Gasteiger partial charge in [-0.2, -0.15) is 13.2 Å². The van der Waals surface area contributed by atoms with Gasteiger partial charge in [0.25, 0.3) is 10.0 Å². The fraction of sp³-hybridized carbons (Fsp3) is 0.333. The molecule has 1 N–H and O–H groups in total. The Morgan fingerprint density at radius 2 is 1.62 bits per heavy atom. The van der Waals surface area contributed by atoms with Crippen LogP contribution in [0.3, 0.4) is 0 Å². The lowest BCUT2D eigenvalue weighted by Crippen LogP contribution is -2.18. The highest BCUT2D eigenvalue weighted by atomic mass is 32.2. The van der Waals surface area contributed by atoms with Gasteiger partial charge in [0.2, 0.25) is 0 Å². The summed E-state index contributed by atoms with van der Waals surface area (Å²) in [6, 6.07) is 5.86. The van der Waals surface area contributed by atoms with Gasteiger partial charge in [-0.05, 0) is 53.8 Å². The average Bonchev–Trinajstić information content (AvgIpc) is 2.48. The third-order valence-electron chi connectivity index (χ3n) is 3.84. The van der Waals surface area contributed by atoms with Gasteiger partial charge < -0.3 is 0 Å². The number of sulfonamides is 1. The van der Waals surface area contributed by atoms with E-state index in [1.54, 1.807) is 6.92 Å². The van der Waals surface area contributed by atoms with Crippen LogP contribution in [0.15, 0.2) is 41.3 Å². The third-order valence-corrected chi connectivity index (χ3v) is 5.20. The summed E-state index contributed by atoms with van der Waals surface area (Å²) in [5, 5.41) is 0. The Bertz CT molecular complexity index is 929. The van der Waals surface area contributed by atoms with Crippen molar-refractivity contribution in [2.75, 3.05) is 4.72 Å². The number of rotatable bonds is 3. The molecular formula is C18H19F4NO2S. The molecule has 2 rings (SSSR count). The van der Waals surface area contributed by atoms with Crippen LogP contribution in [0.4, 0.5) is 23.2 Å². The monoisotopic (exact) mass is 389 g/mol. The largest absolute Gasteiger partial charge is 0.416 e. The van der Waals surface area contributed by atoms with Crippen molar-refractivity contribution in [2.45, 2.75) is 44.2 Å². The van der Waals surface area contributed by atoms with Gasteiger partial charge in [0.05, 0.1) is 16.1 Å². The minimum Gasteiger partial charge on any atom is -0.277 e. The van der Waals surface area contributed by atoms with Crippen LogP contribution >= 0.6 is 0 Å². The van der Waals surface area contributed by atoms with Crippen molar-refractivity contribution in [3.05, 3.63) is 58.9 Å². The summed E-state index contributed by atoms with van der Waals surface area (Å²) in [7, 11) is -4.38. The van der Waals surface area contributed by atoms with Gasteiger partial charge in [0.1, 0.15) is 5.82 Å². The molecule has 0 fully saturated rings. The minimum atomic E-state index is -4.68. The molecule has 0 aliphatic rings. The molecule has 0 spiro atoms. The maximum atomic E-state index is 14.2. The second-order valence-electron chi connectivity index (χ2n) is 7.03. The van der Waals surface area contributed by atoms with Gasteiger partial charge in [-0.15, -0.1) is 0 Å². The van der Waals surface area contributed by atoms with E-state index in [1.807, 2.05) is 20.8 Å². The van der Waals surface area contributed by atoms with Crippen molar-refractivity contribution in [3.8, 4) is 0 Å². The van der Waals surface area contributed by atoms with Crippen LogP contribution < -0.4 is 4.72 Å². The van der Waals surface area contributed by atoms with E-state index in [4.69, 9.17) is 0 Å². The zero-order chi connectivity index (χ0) is 19.9. The number of halogens is 4. The van der Waals surface area contributed by atoms with Gasteiger partial charge in [0.15, 0.2) is 0 Å². The molecule has 8 heteroatoms. The van der Waals surface area contributed by atoms with Gasteiger partial charge in [-0.3, -0.25) is 4.72 Å². The fourth-order valence-electron chi connectivity index (χ4n) is 2.60. The zero-order valence-electron chi connectivity index (χ0n) is 14.7. The van der Waals surface area contributed by atoms with Crippen molar-refractivity contribution in [2.24, 2.45) is 0 Å². The smallest absolute Gasteiger partial charge is 0.277 e. The summed E-state index contributed by atoms with van der Waals surface area (Å²) in [4.78, 5) is -0.593. The molecule has 0 heterocycles. The van der Waals surface area contributed by atoms with Crippen LogP contribution in [0.5, 0.6) is 0 Å². The van der Waals surface area contributed by atoms with Crippen molar-refractivity contribution >= 4 is 15.7 Å². The SMILES string of the molecule is Cc1cc(F)c(NS(=O)(=O)c2cccc(C(F)(F)F)c2)cc1C(C)(C)C. The Hall–Kier alpha value is -2.09. The molecule has 0 bridgehead atoms. The van der Waals surface area contributed by atoms with E-state index < -0.39 is 32.5 Å². The molecule has 0 aromatic heterocycles. The molecule has 2 aromatic carbocycles. The highest BCUT2D eigenvalue weighted by molar-refractivity contribution is 7.92. The third kappa shape index (κ3) is 4.35. The van der Waals surface area contributed by atoms with Crippen molar-refractivity contribution < 1.29 is 26.0 Å². The number of nitrogens with one attached hydrogen (secondary N) is 1. The lowest BCUT2D eigenvalue weighted by molar-refractivity contribution is -0.137. The van der Waals surface area contributed by atoms with E-state index >= 15 is 0 Å². The molecule has 142 valence electrons. The molecule has 0 unspecified atom stereocenters. The molecule has 0 aliphatic heterocycles. The Morgan fingerprint density at radius 1 is 1.00 bits per heavy atom. The van der Waals surface area contributed by atoms with Gasteiger partial charge in [0, 0.05) is 0 Å². The topological polar surface area (TPSA) is 46.2 Å². The van der Waals surface area contributed by atoms with Gasteiger partial charge >= 0.3 is 6.18 Å². The molecule has 0 atom stereocenters. The number of anilines is 1. The first-order valence-corrected chi connectivity index (χ1v) is 9.21. The van der Waals surface area contributed by atoms with Crippen LogP contribution in [-0.2, 0) is 21.6 Å². The zero-order valence-corrected chi connectivity index (χ0v) is 15.5. The Labute approximate surface area is 150 Å². The Kier molecular flexibility index (Phi) is 5.11. The fourth-order valence-corrected chi connectivity index (χ4v) is 3.71. The lowest BCUT2D eigenvalue weighted by atomic mass is 9.84. The molecule has 2 aromatic rings. The first-order chi connectivity index (χ1) is 11.7. The predicted octanol–water partition coefficient (Wildman–Crippen LogP) is 5.25. The Balaban J connectivity index is 2.48. The molecule has 3 nitrogen and oxygen atoms in total. The van der Waals surface area contributed by atoms with Crippen LogP contribution in [0.25, 0.3) is 0 Å². The highest BCUT2D eigenvalue weighted by Crippen LogP contribution is 2.33. The van der Waals surface area contributed by atoms with E-state index in [2.05, 4.69) is 4.72 Å². The molecule has 26 heavy (non-hydrogen) atoms. The minimum absolute atomic E-state index is 0.307. The maximum Gasteiger partial charge on any atom is 0.416 e. The average molecular weight is 389 g/mol. The number of hydrogen-bond acceptors (Lipinski definition) is 2. The first kappa shape index (κ1) is 20.2. The molecule has 0 saturated carbocycles.